The van der Waals surface area contributed by atoms with E-state index in [9.17, 15) is 0 Å². The fraction of sp³-hybridized carbons (Fsp3) is 0.867. The van der Waals surface area contributed by atoms with Gasteiger partial charge in [0.15, 0.2) is 5.82 Å². The predicted molar refractivity (Wildman–Crippen MR) is 76.1 cm³/mol. The molecule has 2 fully saturated rings. The molecule has 0 spiro atoms. The van der Waals surface area contributed by atoms with Gasteiger partial charge in [-0.25, -0.2) is 4.98 Å². The summed E-state index contributed by atoms with van der Waals surface area (Å²) in [4.78, 5) is 7.21. The van der Waals surface area contributed by atoms with Crippen molar-refractivity contribution in [3.8, 4) is 0 Å². The van der Waals surface area contributed by atoms with Gasteiger partial charge in [-0.2, -0.15) is 5.10 Å². The average Bonchev–Trinajstić information content (AvgIpc) is 2.96. The Bertz CT molecular complexity index is 429. The first-order chi connectivity index (χ1) is 9.03. The van der Waals surface area contributed by atoms with Gasteiger partial charge in [0.25, 0.3) is 0 Å². The summed E-state index contributed by atoms with van der Waals surface area (Å²) in [6, 6.07) is 0.824. The molecular weight excluding hydrogens is 236 g/mol. The van der Waals surface area contributed by atoms with Crippen LogP contribution in [-0.4, -0.2) is 39.2 Å². The molecule has 0 aromatic carbocycles. The number of rotatable bonds is 2. The van der Waals surface area contributed by atoms with Crippen molar-refractivity contribution in [3.05, 3.63) is 11.6 Å². The molecule has 0 radical (unpaired) electrons. The van der Waals surface area contributed by atoms with Crippen LogP contribution < -0.4 is 0 Å². The van der Waals surface area contributed by atoms with Gasteiger partial charge in [-0.05, 0) is 57.5 Å². The molecule has 1 aromatic heterocycles. The summed E-state index contributed by atoms with van der Waals surface area (Å²) >= 11 is 0. The first kappa shape index (κ1) is 13.1. The highest BCUT2D eigenvalue weighted by Crippen LogP contribution is 2.40. The van der Waals surface area contributed by atoms with Gasteiger partial charge < -0.3 is 4.90 Å². The number of aromatic amines is 1. The lowest BCUT2D eigenvalue weighted by atomic mass is 9.90. The highest BCUT2D eigenvalue weighted by molar-refractivity contribution is 5.00. The van der Waals surface area contributed by atoms with E-state index in [-0.39, 0.29) is 0 Å². The summed E-state index contributed by atoms with van der Waals surface area (Å²) in [6.07, 6.45) is 6.58. The zero-order valence-corrected chi connectivity index (χ0v) is 12.4. The number of likely N-dealkylation sites (tertiary alicyclic amines) is 1. The van der Waals surface area contributed by atoms with Crippen molar-refractivity contribution in [1.29, 1.82) is 0 Å². The summed E-state index contributed by atoms with van der Waals surface area (Å²) in [6.45, 7) is 9.25. The van der Waals surface area contributed by atoms with E-state index in [1.807, 2.05) is 6.92 Å². The third kappa shape index (κ3) is 2.83. The molecule has 4 nitrogen and oxygen atoms in total. The van der Waals surface area contributed by atoms with Gasteiger partial charge in [0.1, 0.15) is 5.82 Å². The molecule has 4 heteroatoms. The molecule has 3 rings (SSSR count). The average molecular weight is 262 g/mol. The second kappa shape index (κ2) is 4.89. The fourth-order valence-corrected chi connectivity index (χ4v) is 3.78. The Morgan fingerprint density at radius 2 is 1.95 bits per heavy atom. The van der Waals surface area contributed by atoms with Crippen LogP contribution in [0.15, 0.2) is 0 Å². The number of hydrogen-bond donors (Lipinski definition) is 1. The highest BCUT2D eigenvalue weighted by Gasteiger charge is 2.36. The van der Waals surface area contributed by atoms with Crippen LogP contribution in [0.5, 0.6) is 0 Å². The molecule has 1 saturated heterocycles. The van der Waals surface area contributed by atoms with Crippen LogP contribution in [-0.2, 0) is 0 Å². The second-order valence-electron chi connectivity index (χ2n) is 7.15. The van der Waals surface area contributed by atoms with Gasteiger partial charge >= 0.3 is 0 Å². The number of H-pyrrole nitrogens is 1. The number of nitrogens with one attached hydrogen (secondary N) is 1. The van der Waals surface area contributed by atoms with Crippen LogP contribution in [0.1, 0.15) is 63.5 Å². The van der Waals surface area contributed by atoms with Crippen LogP contribution in [0.2, 0.25) is 0 Å². The maximum absolute atomic E-state index is 4.49. The zero-order chi connectivity index (χ0) is 13.5. The van der Waals surface area contributed by atoms with Crippen molar-refractivity contribution in [2.45, 2.75) is 64.8 Å². The Kier molecular flexibility index (Phi) is 3.37. The lowest BCUT2D eigenvalue weighted by Gasteiger charge is -2.35. The monoisotopic (exact) mass is 262 g/mol. The molecule has 106 valence electrons. The van der Waals surface area contributed by atoms with Gasteiger partial charge in [0.05, 0.1) is 0 Å². The van der Waals surface area contributed by atoms with Crippen molar-refractivity contribution < 1.29 is 0 Å². The van der Waals surface area contributed by atoms with E-state index in [1.54, 1.807) is 0 Å². The first-order valence-corrected chi connectivity index (χ1v) is 7.66. The van der Waals surface area contributed by atoms with E-state index >= 15 is 0 Å². The number of aryl methyl sites for hydroxylation is 1. The molecule has 2 aliphatic rings. The van der Waals surface area contributed by atoms with Gasteiger partial charge in [0, 0.05) is 12.0 Å². The highest BCUT2D eigenvalue weighted by atomic mass is 15.2. The van der Waals surface area contributed by atoms with Crippen LogP contribution >= 0.6 is 0 Å². The van der Waals surface area contributed by atoms with Gasteiger partial charge in [-0.15, -0.1) is 0 Å². The summed E-state index contributed by atoms with van der Waals surface area (Å²) in [7, 11) is 0. The fourth-order valence-electron chi connectivity index (χ4n) is 3.78. The Labute approximate surface area is 116 Å². The molecule has 1 unspecified atom stereocenters. The van der Waals surface area contributed by atoms with Gasteiger partial charge in [0.2, 0.25) is 0 Å². The number of hydrogen-bond acceptors (Lipinski definition) is 3. The third-order valence-corrected chi connectivity index (χ3v) is 4.97. The second-order valence-corrected chi connectivity index (χ2v) is 7.15. The number of nitrogens with zero attached hydrogens (tertiary/aromatic N) is 3. The molecule has 1 atom stereocenters. The maximum Gasteiger partial charge on any atom is 0.153 e. The molecular formula is C15H26N4. The molecule has 0 amide bonds. The number of piperidine rings is 1. The van der Waals surface area contributed by atoms with Crippen molar-refractivity contribution in [2.75, 3.05) is 13.1 Å². The molecule has 1 saturated carbocycles. The zero-order valence-electron chi connectivity index (χ0n) is 12.4. The minimum Gasteiger partial charge on any atom is -0.300 e. The topological polar surface area (TPSA) is 44.8 Å². The number of aromatic nitrogens is 3. The Morgan fingerprint density at radius 3 is 2.47 bits per heavy atom. The Balaban J connectivity index is 1.55. The molecule has 1 aromatic rings. The smallest absolute Gasteiger partial charge is 0.153 e. The maximum atomic E-state index is 4.49. The summed E-state index contributed by atoms with van der Waals surface area (Å²) < 4.78 is 0. The molecule has 2 heterocycles. The molecule has 1 aliphatic heterocycles. The van der Waals surface area contributed by atoms with Crippen molar-refractivity contribution in [2.24, 2.45) is 5.41 Å². The lowest BCUT2D eigenvalue weighted by molar-refractivity contribution is 0.144. The molecule has 1 aliphatic carbocycles. The van der Waals surface area contributed by atoms with E-state index in [2.05, 4.69) is 33.9 Å². The van der Waals surface area contributed by atoms with Crippen molar-refractivity contribution in [1.82, 2.24) is 20.1 Å². The summed E-state index contributed by atoms with van der Waals surface area (Å²) in [5.74, 6) is 2.54. The van der Waals surface area contributed by atoms with Crippen LogP contribution in [0.3, 0.4) is 0 Å². The largest absolute Gasteiger partial charge is 0.300 e. The van der Waals surface area contributed by atoms with Crippen molar-refractivity contribution >= 4 is 0 Å². The van der Waals surface area contributed by atoms with Gasteiger partial charge in [-0.3, -0.25) is 5.10 Å². The summed E-state index contributed by atoms with van der Waals surface area (Å²) in [5, 5.41) is 7.30. The van der Waals surface area contributed by atoms with Crippen LogP contribution in [0.4, 0.5) is 0 Å². The lowest BCUT2D eigenvalue weighted by Crippen LogP contribution is -2.40. The Hall–Kier alpha value is -0.900. The predicted octanol–water partition coefficient (Wildman–Crippen LogP) is 2.87. The van der Waals surface area contributed by atoms with Crippen molar-refractivity contribution in [3.63, 3.8) is 0 Å². The van der Waals surface area contributed by atoms with Gasteiger partial charge in [-0.1, -0.05) is 13.8 Å². The minimum absolute atomic E-state index is 0.558. The van der Waals surface area contributed by atoms with Crippen LogP contribution in [0, 0.1) is 12.3 Å². The Morgan fingerprint density at radius 1 is 1.21 bits per heavy atom. The summed E-state index contributed by atoms with van der Waals surface area (Å²) in [5.41, 5.74) is 0.558. The quantitative estimate of drug-likeness (QED) is 0.891. The first-order valence-electron chi connectivity index (χ1n) is 7.66. The normalized spacial score (nSPS) is 28.9. The standard InChI is InChI=1S/C15H26N4/c1-11-16-14(18-17-11)12-5-8-19(9-6-12)13-4-7-15(2,3)10-13/h12-13H,4-10H2,1-3H3,(H,16,17,18). The van der Waals surface area contributed by atoms with E-state index in [1.165, 1.54) is 45.2 Å². The van der Waals surface area contributed by atoms with Crippen LogP contribution in [0.25, 0.3) is 0 Å². The SMILES string of the molecule is Cc1nc(C2CCN(C3CCC(C)(C)C3)CC2)n[nH]1. The molecule has 19 heavy (non-hydrogen) atoms. The van der Waals surface area contributed by atoms with E-state index in [0.717, 1.165) is 17.7 Å². The minimum atomic E-state index is 0.558. The third-order valence-electron chi connectivity index (χ3n) is 4.97. The molecule has 1 N–H and O–H groups in total. The molecule has 0 bridgehead atoms. The van der Waals surface area contributed by atoms with E-state index in [0.29, 0.717) is 11.3 Å². The van der Waals surface area contributed by atoms with E-state index < -0.39 is 0 Å². The van der Waals surface area contributed by atoms with E-state index in [4.69, 9.17) is 0 Å².